The third kappa shape index (κ3) is 2.98. The van der Waals surface area contributed by atoms with E-state index < -0.39 is 0 Å². The van der Waals surface area contributed by atoms with Crippen LogP contribution in [0.5, 0.6) is 0 Å². The number of hydrogen-bond acceptors (Lipinski definition) is 1. The minimum Gasteiger partial charge on any atom is -0.289 e. The summed E-state index contributed by atoms with van der Waals surface area (Å²) in [7, 11) is 0. The summed E-state index contributed by atoms with van der Waals surface area (Å²) in [6.45, 7) is 6.47. The molecule has 1 nitrogen and oxygen atoms in total. The van der Waals surface area contributed by atoms with E-state index in [2.05, 4.69) is 32.9 Å². The van der Waals surface area contributed by atoms with Crippen molar-refractivity contribution < 1.29 is 4.79 Å². The van der Waals surface area contributed by atoms with Gasteiger partial charge in [-0.15, -0.1) is 0 Å². The number of benzene rings is 2. The molecule has 0 heterocycles. The van der Waals surface area contributed by atoms with Crippen molar-refractivity contribution in [3.63, 3.8) is 0 Å². The van der Waals surface area contributed by atoms with E-state index in [4.69, 9.17) is 0 Å². The lowest BCUT2D eigenvalue weighted by atomic mass is 9.93. The number of hydrogen-bond donors (Lipinski definition) is 0. The Morgan fingerprint density at radius 3 is 2.25 bits per heavy atom. The van der Waals surface area contributed by atoms with Gasteiger partial charge in [-0.25, -0.2) is 0 Å². The van der Waals surface area contributed by atoms with E-state index in [1.54, 1.807) is 0 Å². The molecular formula is C19H22O. The summed E-state index contributed by atoms with van der Waals surface area (Å²) in [4.78, 5) is 12.6. The molecule has 0 aliphatic carbocycles. The fraction of sp³-hybridized carbons (Fsp3) is 0.316. The van der Waals surface area contributed by atoms with Crippen LogP contribution in [0, 0.1) is 0 Å². The lowest BCUT2D eigenvalue weighted by Gasteiger charge is -2.10. The minimum absolute atomic E-state index is 0.123. The van der Waals surface area contributed by atoms with Gasteiger partial charge in [0.25, 0.3) is 0 Å². The van der Waals surface area contributed by atoms with Crippen molar-refractivity contribution >= 4 is 5.78 Å². The van der Waals surface area contributed by atoms with Gasteiger partial charge in [0, 0.05) is 11.1 Å². The number of carbonyl (C=O) groups excluding carboxylic acids is 1. The van der Waals surface area contributed by atoms with Gasteiger partial charge in [-0.2, -0.15) is 0 Å². The molecule has 0 fully saturated rings. The smallest absolute Gasteiger partial charge is 0.193 e. The van der Waals surface area contributed by atoms with E-state index in [0.717, 1.165) is 29.5 Å². The Labute approximate surface area is 121 Å². The summed E-state index contributed by atoms with van der Waals surface area (Å²) < 4.78 is 0. The molecule has 0 aliphatic heterocycles. The Kier molecular flexibility index (Phi) is 4.73. The molecule has 0 bridgehead atoms. The Morgan fingerprint density at radius 1 is 1.00 bits per heavy atom. The van der Waals surface area contributed by atoms with Crippen molar-refractivity contribution in [3.8, 4) is 0 Å². The normalized spacial score (nSPS) is 12.2. The average molecular weight is 266 g/mol. The first kappa shape index (κ1) is 14.5. The standard InChI is InChI=1S/C19H22O/c1-4-14(3)16-10-12-17(13-11-16)19(20)18-9-7-6-8-15(18)5-2/h6-14H,4-5H2,1-3H3. The lowest BCUT2D eigenvalue weighted by Crippen LogP contribution is -2.05. The minimum atomic E-state index is 0.123. The molecule has 1 heteroatoms. The molecule has 2 aromatic carbocycles. The van der Waals surface area contributed by atoms with Gasteiger partial charge in [-0.1, -0.05) is 69.3 Å². The highest BCUT2D eigenvalue weighted by Gasteiger charge is 2.12. The van der Waals surface area contributed by atoms with E-state index >= 15 is 0 Å². The molecule has 0 N–H and O–H groups in total. The van der Waals surface area contributed by atoms with Crippen molar-refractivity contribution in [1.29, 1.82) is 0 Å². The van der Waals surface area contributed by atoms with Gasteiger partial charge in [0.2, 0.25) is 0 Å². The Bertz CT molecular complexity index is 581. The van der Waals surface area contributed by atoms with Crippen LogP contribution in [0.1, 0.15) is 60.2 Å². The molecule has 20 heavy (non-hydrogen) atoms. The van der Waals surface area contributed by atoms with Gasteiger partial charge in [0.1, 0.15) is 0 Å². The summed E-state index contributed by atoms with van der Waals surface area (Å²) in [6.07, 6.45) is 2.00. The van der Waals surface area contributed by atoms with Crippen LogP contribution in [0.4, 0.5) is 0 Å². The molecule has 0 radical (unpaired) electrons. The monoisotopic (exact) mass is 266 g/mol. The van der Waals surface area contributed by atoms with Crippen molar-refractivity contribution in [3.05, 3.63) is 70.8 Å². The molecule has 2 aromatic rings. The molecule has 0 saturated carbocycles. The molecule has 1 atom stereocenters. The van der Waals surface area contributed by atoms with Crippen LogP contribution < -0.4 is 0 Å². The van der Waals surface area contributed by atoms with Crippen LogP contribution in [-0.4, -0.2) is 5.78 Å². The highest BCUT2D eigenvalue weighted by Crippen LogP contribution is 2.21. The Hall–Kier alpha value is -1.89. The third-order valence-electron chi connectivity index (χ3n) is 4.00. The third-order valence-corrected chi connectivity index (χ3v) is 4.00. The maximum atomic E-state index is 12.6. The fourth-order valence-corrected chi connectivity index (χ4v) is 2.40. The highest BCUT2D eigenvalue weighted by atomic mass is 16.1. The zero-order chi connectivity index (χ0) is 14.5. The van der Waals surface area contributed by atoms with Gasteiger partial charge < -0.3 is 0 Å². The van der Waals surface area contributed by atoms with Crippen LogP contribution in [0.25, 0.3) is 0 Å². The van der Waals surface area contributed by atoms with E-state index in [1.807, 2.05) is 36.4 Å². The van der Waals surface area contributed by atoms with E-state index in [9.17, 15) is 4.79 Å². The molecular weight excluding hydrogens is 244 g/mol. The Morgan fingerprint density at radius 2 is 1.65 bits per heavy atom. The quantitative estimate of drug-likeness (QED) is 0.696. The Balaban J connectivity index is 2.29. The van der Waals surface area contributed by atoms with E-state index in [-0.39, 0.29) is 5.78 Å². The van der Waals surface area contributed by atoms with Crippen LogP contribution >= 0.6 is 0 Å². The van der Waals surface area contributed by atoms with Crippen molar-refractivity contribution in [2.75, 3.05) is 0 Å². The summed E-state index contributed by atoms with van der Waals surface area (Å²) in [6, 6.07) is 15.9. The van der Waals surface area contributed by atoms with Gasteiger partial charge in [-0.05, 0) is 29.9 Å². The first-order chi connectivity index (χ1) is 9.67. The zero-order valence-corrected chi connectivity index (χ0v) is 12.5. The summed E-state index contributed by atoms with van der Waals surface area (Å²) in [5, 5.41) is 0. The van der Waals surface area contributed by atoms with Crippen LogP contribution in [-0.2, 0) is 6.42 Å². The number of aryl methyl sites for hydroxylation is 1. The summed E-state index contributed by atoms with van der Waals surface area (Å²) in [5.74, 6) is 0.667. The second kappa shape index (κ2) is 6.51. The molecule has 0 amide bonds. The maximum Gasteiger partial charge on any atom is 0.193 e. The van der Waals surface area contributed by atoms with Gasteiger partial charge >= 0.3 is 0 Å². The van der Waals surface area contributed by atoms with E-state index in [0.29, 0.717) is 5.92 Å². The highest BCUT2D eigenvalue weighted by molar-refractivity contribution is 6.09. The van der Waals surface area contributed by atoms with E-state index in [1.165, 1.54) is 5.56 Å². The van der Waals surface area contributed by atoms with Crippen LogP contribution in [0.2, 0.25) is 0 Å². The summed E-state index contributed by atoms with van der Waals surface area (Å²) in [5.41, 5.74) is 4.01. The second-order valence-electron chi connectivity index (χ2n) is 5.27. The molecule has 0 aromatic heterocycles. The predicted molar refractivity (Wildman–Crippen MR) is 84.4 cm³/mol. The first-order valence-corrected chi connectivity index (χ1v) is 7.39. The van der Waals surface area contributed by atoms with Crippen molar-refractivity contribution in [1.82, 2.24) is 0 Å². The number of rotatable bonds is 5. The molecule has 104 valence electrons. The van der Waals surface area contributed by atoms with Gasteiger partial charge in [0.15, 0.2) is 5.78 Å². The van der Waals surface area contributed by atoms with Crippen molar-refractivity contribution in [2.45, 2.75) is 39.5 Å². The lowest BCUT2D eigenvalue weighted by molar-refractivity contribution is 0.103. The topological polar surface area (TPSA) is 17.1 Å². The first-order valence-electron chi connectivity index (χ1n) is 7.39. The number of ketones is 1. The number of carbonyl (C=O) groups is 1. The van der Waals surface area contributed by atoms with Crippen LogP contribution in [0.15, 0.2) is 48.5 Å². The zero-order valence-electron chi connectivity index (χ0n) is 12.5. The second-order valence-corrected chi connectivity index (χ2v) is 5.27. The largest absolute Gasteiger partial charge is 0.289 e. The van der Waals surface area contributed by atoms with Crippen LogP contribution in [0.3, 0.4) is 0 Å². The molecule has 1 unspecified atom stereocenters. The molecule has 0 saturated heterocycles. The predicted octanol–water partition coefficient (Wildman–Crippen LogP) is 4.99. The van der Waals surface area contributed by atoms with Gasteiger partial charge in [-0.3, -0.25) is 4.79 Å². The molecule has 0 aliphatic rings. The molecule has 0 spiro atoms. The maximum absolute atomic E-state index is 12.6. The molecule has 2 rings (SSSR count). The SMILES string of the molecule is CCc1ccccc1C(=O)c1ccc(C(C)CC)cc1. The summed E-state index contributed by atoms with van der Waals surface area (Å²) >= 11 is 0. The average Bonchev–Trinajstić information content (AvgIpc) is 2.53. The van der Waals surface area contributed by atoms with Gasteiger partial charge in [0.05, 0.1) is 0 Å². The van der Waals surface area contributed by atoms with Crippen molar-refractivity contribution in [2.24, 2.45) is 0 Å². The fourth-order valence-electron chi connectivity index (χ4n) is 2.40.